The lowest BCUT2D eigenvalue weighted by molar-refractivity contribution is 0.265. The molecule has 1 aromatic rings. The van der Waals surface area contributed by atoms with Crippen molar-refractivity contribution in [2.24, 2.45) is 0 Å². The number of nitrogens with one attached hydrogen (secondary N) is 1. The average Bonchev–Trinajstić information content (AvgIpc) is 2.97. The Hall–Kier alpha value is -1.14. The van der Waals surface area contributed by atoms with Gasteiger partial charge in [-0.3, -0.25) is 0 Å². The van der Waals surface area contributed by atoms with Crippen LogP contribution in [0.3, 0.4) is 0 Å². The van der Waals surface area contributed by atoms with Crippen molar-refractivity contribution in [1.29, 1.82) is 0 Å². The van der Waals surface area contributed by atoms with Gasteiger partial charge in [0, 0.05) is 0 Å². The zero-order chi connectivity index (χ0) is 10.9. The SMILES string of the molecule is COc1nc(Cl)nc(NC2(CO)CC2)n1. The van der Waals surface area contributed by atoms with Crippen molar-refractivity contribution in [3.8, 4) is 6.01 Å². The molecule has 0 saturated heterocycles. The molecule has 1 heterocycles. The van der Waals surface area contributed by atoms with E-state index in [4.69, 9.17) is 21.4 Å². The summed E-state index contributed by atoms with van der Waals surface area (Å²) in [7, 11) is 1.45. The van der Waals surface area contributed by atoms with Crippen LogP contribution in [0.4, 0.5) is 5.95 Å². The minimum atomic E-state index is -0.282. The summed E-state index contributed by atoms with van der Waals surface area (Å²) in [6.07, 6.45) is 1.80. The summed E-state index contributed by atoms with van der Waals surface area (Å²) in [6, 6.07) is 0.159. The van der Waals surface area contributed by atoms with Crippen LogP contribution in [0.15, 0.2) is 0 Å². The molecule has 1 saturated carbocycles. The number of nitrogens with zero attached hydrogens (tertiary/aromatic N) is 3. The summed E-state index contributed by atoms with van der Waals surface area (Å²) in [5.74, 6) is 0.332. The number of aliphatic hydroxyl groups excluding tert-OH is 1. The van der Waals surface area contributed by atoms with Gasteiger partial charge in [-0.05, 0) is 24.4 Å². The van der Waals surface area contributed by atoms with Crippen LogP contribution >= 0.6 is 11.6 Å². The van der Waals surface area contributed by atoms with E-state index in [0.717, 1.165) is 12.8 Å². The van der Waals surface area contributed by atoms with Gasteiger partial charge in [0.05, 0.1) is 19.3 Å². The van der Waals surface area contributed by atoms with E-state index in [1.165, 1.54) is 7.11 Å². The van der Waals surface area contributed by atoms with Crippen molar-refractivity contribution in [3.05, 3.63) is 5.28 Å². The van der Waals surface area contributed by atoms with Crippen LogP contribution in [-0.2, 0) is 0 Å². The Balaban J connectivity index is 2.17. The van der Waals surface area contributed by atoms with Gasteiger partial charge in [-0.2, -0.15) is 15.0 Å². The summed E-state index contributed by atoms with van der Waals surface area (Å²) in [5, 5.41) is 12.2. The van der Waals surface area contributed by atoms with Gasteiger partial charge in [0.1, 0.15) is 0 Å². The zero-order valence-electron chi connectivity index (χ0n) is 8.20. The third kappa shape index (κ3) is 2.27. The highest BCUT2D eigenvalue weighted by Gasteiger charge is 2.42. The van der Waals surface area contributed by atoms with Crippen LogP contribution in [-0.4, -0.2) is 39.3 Å². The van der Waals surface area contributed by atoms with Crippen LogP contribution in [0.25, 0.3) is 0 Å². The number of hydrogen-bond donors (Lipinski definition) is 2. The fourth-order valence-corrected chi connectivity index (χ4v) is 1.34. The molecule has 0 aromatic carbocycles. The second kappa shape index (κ2) is 3.79. The Kier molecular flexibility index (Phi) is 2.62. The normalized spacial score (nSPS) is 17.3. The standard InChI is InChI=1S/C8H11ClN4O2/c1-15-7-11-5(9)10-6(12-7)13-8(4-14)2-3-8/h14H,2-4H2,1H3,(H,10,11,12,13). The van der Waals surface area contributed by atoms with Gasteiger partial charge in [-0.25, -0.2) is 0 Å². The second-order valence-electron chi connectivity index (χ2n) is 3.48. The molecule has 1 aromatic heterocycles. The molecule has 0 amide bonds. The van der Waals surface area contributed by atoms with Gasteiger partial charge in [-0.1, -0.05) is 0 Å². The molecule has 1 aliphatic rings. The first-order valence-corrected chi connectivity index (χ1v) is 4.90. The minimum absolute atomic E-state index is 0.0542. The average molecular weight is 231 g/mol. The predicted octanol–water partition coefficient (Wildman–Crippen LogP) is 0.470. The molecule has 1 aliphatic carbocycles. The zero-order valence-corrected chi connectivity index (χ0v) is 8.95. The van der Waals surface area contributed by atoms with Crippen molar-refractivity contribution in [2.45, 2.75) is 18.4 Å². The second-order valence-corrected chi connectivity index (χ2v) is 3.82. The van der Waals surface area contributed by atoms with E-state index in [-0.39, 0.29) is 23.4 Å². The summed E-state index contributed by atoms with van der Waals surface area (Å²) >= 11 is 5.68. The topological polar surface area (TPSA) is 80.2 Å². The maximum atomic E-state index is 9.12. The molecule has 15 heavy (non-hydrogen) atoms. The number of aromatic nitrogens is 3. The lowest BCUT2D eigenvalue weighted by Crippen LogP contribution is -2.27. The Morgan fingerprint density at radius 2 is 2.20 bits per heavy atom. The van der Waals surface area contributed by atoms with Gasteiger partial charge in [-0.15, -0.1) is 0 Å². The molecular formula is C8H11ClN4O2. The van der Waals surface area contributed by atoms with Gasteiger partial charge in [0.2, 0.25) is 11.2 Å². The lowest BCUT2D eigenvalue weighted by Gasteiger charge is -2.13. The fourth-order valence-electron chi connectivity index (χ4n) is 1.19. The molecule has 82 valence electrons. The first-order chi connectivity index (χ1) is 7.17. The number of anilines is 1. The van der Waals surface area contributed by atoms with Crippen molar-refractivity contribution >= 4 is 17.5 Å². The van der Waals surface area contributed by atoms with Crippen molar-refractivity contribution in [2.75, 3.05) is 19.0 Å². The monoisotopic (exact) mass is 230 g/mol. The highest BCUT2D eigenvalue weighted by Crippen LogP contribution is 2.37. The Morgan fingerprint density at radius 1 is 1.47 bits per heavy atom. The molecule has 0 aliphatic heterocycles. The van der Waals surface area contributed by atoms with Crippen LogP contribution in [0, 0.1) is 0 Å². The fraction of sp³-hybridized carbons (Fsp3) is 0.625. The highest BCUT2D eigenvalue weighted by atomic mass is 35.5. The summed E-state index contributed by atoms with van der Waals surface area (Å²) in [5.41, 5.74) is -0.282. The molecule has 0 bridgehead atoms. The Labute approximate surface area is 91.7 Å². The van der Waals surface area contributed by atoms with E-state index < -0.39 is 0 Å². The van der Waals surface area contributed by atoms with E-state index in [2.05, 4.69) is 20.3 Å². The maximum absolute atomic E-state index is 9.12. The van der Waals surface area contributed by atoms with E-state index in [0.29, 0.717) is 5.95 Å². The summed E-state index contributed by atoms with van der Waals surface area (Å²) in [6.45, 7) is 0.0542. The van der Waals surface area contributed by atoms with Crippen molar-refractivity contribution < 1.29 is 9.84 Å². The number of halogens is 1. The van der Waals surface area contributed by atoms with Gasteiger partial charge >= 0.3 is 6.01 Å². The number of aliphatic hydroxyl groups is 1. The van der Waals surface area contributed by atoms with Gasteiger partial charge in [0.25, 0.3) is 0 Å². The molecule has 2 N–H and O–H groups in total. The smallest absolute Gasteiger partial charge is 0.322 e. The largest absolute Gasteiger partial charge is 0.467 e. The quantitative estimate of drug-likeness (QED) is 0.783. The number of rotatable bonds is 4. The highest BCUT2D eigenvalue weighted by molar-refractivity contribution is 6.28. The molecule has 1 fully saturated rings. The number of ether oxygens (including phenoxy) is 1. The van der Waals surface area contributed by atoms with Crippen molar-refractivity contribution in [3.63, 3.8) is 0 Å². The number of methoxy groups -OCH3 is 1. The minimum Gasteiger partial charge on any atom is -0.467 e. The first-order valence-electron chi connectivity index (χ1n) is 4.52. The molecule has 2 rings (SSSR count). The van der Waals surface area contributed by atoms with Crippen LogP contribution < -0.4 is 10.1 Å². The Morgan fingerprint density at radius 3 is 2.73 bits per heavy atom. The van der Waals surface area contributed by atoms with Gasteiger partial charge < -0.3 is 15.2 Å². The predicted molar refractivity (Wildman–Crippen MR) is 54.1 cm³/mol. The maximum Gasteiger partial charge on any atom is 0.322 e. The molecule has 0 unspecified atom stereocenters. The lowest BCUT2D eigenvalue weighted by atomic mass is 10.3. The molecule has 0 spiro atoms. The summed E-state index contributed by atoms with van der Waals surface area (Å²) in [4.78, 5) is 11.6. The third-order valence-electron chi connectivity index (χ3n) is 2.30. The third-order valence-corrected chi connectivity index (χ3v) is 2.47. The van der Waals surface area contributed by atoms with E-state index in [9.17, 15) is 0 Å². The van der Waals surface area contributed by atoms with Crippen LogP contribution in [0.5, 0.6) is 6.01 Å². The molecule has 0 radical (unpaired) electrons. The molecule has 0 atom stereocenters. The first kappa shape index (κ1) is 10.4. The number of hydrogen-bond acceptors (Lipinski definition) is 6. The Bertz CT molecular complexity index is 370. The molecule has 6 nitrogen and oxygen atoms in total. The molecule has 7 heteroatoms. The van der Waals surface area contributed by atoms with Crippen LogP contribution in [0.2, 0.25) is 5.28 Å². The molecular weight excluding hydrogens is 220 g/mol. The van der Waals surface area contributed by atoms with E-state index in [1.54, 1.807) is 0 Å². The van der Waals surface area contributed by atoms with E-state index >= 15 is 0 Å². The van der Waals surface area contributed by atoms with Crippen LogP contribution in [0.1, 0.15) is 12.8 Å². The van der Waals surface area contributed by atoms with Crippen molar-refractivity contribution in [1.82, 2.24) is 15.0 Å². The summed E-state index contributed by atoms with van der Waals surface area (Å²) < 4.78 is 4.86. The van der Waals surface area contributed by atoms with E-state index in [1.807, 2.05) is 0 Å². The van der Waals surface area contributed by atoms with Gasteiger partial charge in [0.15, 0.2) is 0 Å².